The number of rotatable bonds is 2. The number of carbonyl (C=O) groups excluding carboxylic acids is 1. The first-order valence-electron chi connectivity index (χ1n) is 7.44. The Balaban J connectivity index is 1.96. The quantitative estimate of drug-likeness (QED) is 0.790. The highest BCUT2D eigenvalue weighted by Gasteiger charge is 2.19. The van der Waals surface area contributed by atoms with Crippen molar-refractivity contribution >= 4 is 22.8 Å². The zero-order valence-electron chi connectivity index (χ0n) is 12.6. The Labute approximate surface area is 128 Å². The smallest absolute Gasteiger partial charge is 0.228 e. The second-order valence-corrected chi connectivity index (χ2v) is 5.58. The highest BCUT2D eigenvalue weighted by molar-refractivity contribution is 5.99. The summed E-state index contributed by atoms with van der Waals surface area (Å²) in [6.45, 7) is 4.07. The molecular weight excluding hydrogens is 276 g/mol. The van der Waals surface area contributed by atoms with E-state index in [1.165, 1.54) is 0 Å². The van der Waals surface area contributed by atoms with Gasteiger partial charge in [-0.1, -0.05) is 6.92 Å². The standard InChI is InChI=1S/C17H16N4O/c1-3-15-19-14-6-4-10(2)18-17(14)21(15)12-5-7-13-11(8-12)9-16(22)20-13/h4-8H,3,9H2,1-2H3,(H,20,22). The van der Waals surface area contributed by atoms with Crippen LogP contribution in [0.5, 0.6) is 0 Å². The van der Waals surface area contributed by atoms with Crippen molar-refractivity contribution in [1.29, 1.82) is 0 Å². The van der Waals surface area contributed by atoms with E-state index in [-0.39, 0.29) is 5.91 Å². The van der Waals surface area contributed by atoms with Crippen LogP contribution >= 0.6 is 0 Å². The number of pyridine rings is 1. The van der Waals surface area contributed by atoms with Gasteiger partial charge in [-0.05, 0) is 42.8 Å². The molecule has 0 saturated carbocycles. The first kappa shape index (κ1) is 13.0. The summed E-state index contributed by atoms with van der Waals surface area (Å²) in [4.78, 5) is 20.9. The van der Waals surface area contributed by atoms with E-state index >= 15 is 0 Å². The monoisotopic (exact) mass is 292 g/mol. The lowest BCUT2D eigenvalue weighted by Gasteiger charge is -2.09. The summed E-state index contributed by atoms with van der Waals surface area (Å²) in [7, 11) is 0. The van der Waals surface area contributed by atoms with Gasteiger partial charge in [0.2, 0.25) is 5.91 Å². The summed E-state index contributed by atoms with van der Waals surface area (Å²) in [5.74, 6) is 1.03. The van der Waals surface area contributed by atoms with Crippen LogP contribution in [0.15, 0.2) is 30.3 Å². The summed E-state index contributed by atoms with van der Waals surface area (Å²) in [6, 6.07) is 10.00. The largest absolute Gasteiger partial charge is 0.326 e. The van der Waals surface area contributed by atoms with E-state index in [1.54, 1.807) is 0 Å². The molecule has 110 valence electrons. The molecule has 2 aromatic heterocycles. The van der Waals surface area contributed by atoms with Crippen LogP contribution in [0.3, 0.4) is 0 Å². The zero-order valence-corrected chi connectivity index (χ0v) is 12.6. The lowest BCUT2D eigenvalue weighted by atomic mass is 10.1. The van der Waals surface area contributed by atoms with Crippen LogP contribution in [-0.4, -0.2) is 20.4 Å². The van der Waals surface area contributed by atoms with Crippen molar-refractivity contribution in [2.75, 3.05) is 5.32 Å². The van der Waals surface area contributed by atoms with Gasteiger partial charge in [0, 0.05) is 23.5 Å². The average Bonchev–Trinajstić information content (AvgIpc) is 3.04. The van der Waals surface area contributed by atoms with Crippen molar-refractivity contribution in [3.8, 4) is 5.69 Å². The van der Waals surface area contributed by atoms with E-state index in [0.29, 0.717) is 6.42 Å². The summed E-state index contributed by atoms with van der Waals surface area (Å²) in [5, 5.41) is 2.87. The Bertz CT molecular complexity index is 910. The molecule has 0 radical (unpaired) electrons. The van der Waals surface area contributed by atoms with Crippen LogP contribution in [-0.2, 0) is 17.6 Å². The van der Waals surface area contributed by atoms with E-state index in [4.69, 9.17) is 0 Å². The molecule has 5 nitrogen and oxygen atoms in total. The third-order valence-electron chi connectivity index (χ3n) is 4.00. The first-order valence-corrected chi connectivity index (χ1v) is 7.44. The second kappa shape index (κ2) is 4.66. The van der Waals surface area contributed by atoms with Crippen LogP contribution in [0.1, 0.15) is 24.0 Å². The molecular formula is C17H16N4O. The maximum atomic E-state index is 11.5. The molecule has 22 heavy (non-hydrogen) atoms. The van der Waals surface area contributed by atoms with Crippen molar-refractivity contribution in [3.63, 3.8) is 0 Å². The van der Waals surface area contributed by atoms with Gasteiger partial charge in [0.05, 0.1) is 6.42 Å². The number of amides is 1. The number of imidazole rings is 1. The summed E-state index contributed by atoms with van der Waals surface area (Å²) < 4.78 is 2.09. The molecule has 0 spiro atoms. The molecule has 0 unspecified atom stereocenters. The molecule has 4 rings (SSSR count). The molecule has 0 saturated heterocycles. The third-order valence-corrected chi connectivity index (χ3v) is 4.00. The van der Waals surface area contributed by atoms with Crippen LogP contribution in [0.2, 0.25) is 0 Å². The fraction of sp³-hybridized carbons (Fsp3) is 0.235. The minimum atomic E-state index is 0.0484. The van der Waals surface area contributed by atoms with Gasteiger partial charge in [0.15, 0.2) is 5.65 Å². The molecule has 0 fully saturated rings. The zero-order chi connectivity index (χ0) is 15.3. The van der Waals surface area contributed by atoms with Crippen molar-refractivity contribution in [1.82, 2.24) is 14.5 Å². The second-order valence-electron chi connectivity index (χ2n) is 5.58. The lowest BCUT2D eigenvalue weighted by Crippen LogP contribution is -2.03. The normalized spacial score (nSPS) is 13.5. The molecule has 1 aliphatic heterocycles. The Hall–Kier alpha value is -2.69. The number of hydrogen-bond donors (Lipinski definition) is 1. The van der Waals surface area contributed by atoms with Gasteiger partial charge in [0.25, 0.3) is 0 Å². The number of anilines is 1. The summed E-state index contributed by atoms with van der Waals surface area (Å²) >= 11 is 0. The predicted octanol–water partition coefficient (Wildman–Crippen LogP) is 2.79. The van der Waals surface area contributed by atoms with E-state index in [2.05, 4.69) is 32.8 Å². The minimum absolute atomic E-state index is 0.0484. The first-order chi connectivity index (χ1) is 10.7. The number of nitrogens with zero attached hydrogens (tertiary/aromatic N) is 3. The van der Waals surface area contributed by atoms with E-state index < -0.39 is 0 Å². The number of aryl methyl sites for hydroxylation is 2. The Morgan fingerprint density at radius 1 is 1.23 bits per heavy atom. The predicted molar refractivity (Wildman–Crippen MR) is 85.3 cm³/mol. The minimum Gasteiger partial charge on any atom is -0.326 e. The molecule has 5 heteroatoms. The Kier molecular flexibility index (Phi) is 2.76. The molecule has 0 atom stereocenters. The SMILES string of the molecule is CCc1nc2ccc(C)nc2n1-c1ccc2c(c1)CC(=O)N2. The van der Waals surface area contributed by atoms with Crippen LogP contribution in [0, 0.1) is 6.92 Å². The Morgan fingerprint density at radius 3 is 2.91 bits per heavy atom. The summed E-state index contributed by atoms with van der Waals surface area (Å²) in [6.07, 6.45) is 1.26. The number of aromatic nitrogens is 3. The number of benzene rings is 1. The van der Waals surface area contributed by atoms with Gasteiger partial charge in [0.1, 0.15) is 11.3 Å². The van der Waals surface area contributed by atoms with Gasteiger partial charge < -0.3 is 5.32 Å². The maximum absolute atomic E-state index is 11.5. The molecule has 1 N–H and O–H groups in total. The Morgan fingerprint density at radius 2 is 2.09 bits per heavy atom. The fourth-order valence-corrected chi connectivity index (χ4v) is 2.96. The van der Waals surface area contributed by atoms with Crippen molar-refractivity contribution in [3.05, 3.63) is 47.4 Å². The fourth-order valence-electron chi connectivity index (χ4n) is 2.96. The van der Waals surface area contributed by atoms with Crippen LogP contribution in [0.25, 0.3) is 16.9 Å². The molecule has 0 bridgehead atoms. The molecule has 1 aliphatic rings. The van der Waals surface area contributed by atoms with E-state index in [0.717, 1.165) is 46.0 Å². The highest BCUT2D eigenvalue weighted by atomic mass is 16.1. The van der Waals surface area contributed by atoms with Gasteiger partial charge in [-0.2, -0.15) is 0 Å². The van der Waals surface area contributed by atoms with Gasteiger partial charge in [-0.3, -0.25) is 9.36 Å². The van der Waals surface area contributed by atoms with Gasteiger partial charge in [-0.15, -0.1) is 0 Å². The lowest BCUT2D eigenvalue weighted by molar-refractivity contribution is -0.115. The molecule has 3 aromatic rings. The number of nitrogens with one attached hydrogen (secondary N) is 1. The number of hydrogen-bond acceptors (Lipinski definition) is 3. The van der Waals surface area contributed by atoms with Gasteiger partial charge >= 0.3 is 0 Å². The molecule has 0 aliphatic carbocycles. The van der Waals surface area contributed by atoms with Gasteiger partial charge in [-0.25, -0.2) is 9.97 Å². The average molecular weight is 292 g/mol. The summed E-state index contributed by atoms with van der Waals surface area (Å²) in [5.41, 5.74) is 5.67. The third kappa shape index (κ3) is 1.89. The topological polar surface area (TPSA) is 59.8 Å². The highest BCUT2D eigenvalue weighted by Crippen LogP contribution is 2.28. The van der Waals surface area contributed by atoms with Crippen molar-refractivity contribution in [2.24, 2.45) is 0 Å². The molecule has 1 aromatic carbocycles. The van der Waals surface area contributed by atoms with Crippen LogP contribution < -0.4 is 5.32 Å². The van der Waals surface area contributed by atoms with Crippen LogP contribution in [0.4, 0.5) is 5.69 Å². The molecule has 3 heterocycles. The van der Waals surface area contributed by atoms with Crippen molar-refractivity contribution in [2.45, 2.75) is 26.7 Å². The maximum Gasteiger partial charge on any atom is 0.228 e. The van der Waals surface area contributed by atoms with E-state index in [1.807, 2.05) is 31.2 Å². The van der Waals surface area contributed by atoms with Crippen molar-refractivity contribution < 1.29 is 4.79 Å². The molecule has 1 amide bonds. The number of carbonyl (C=O) groups is 1. The number of fused-ring (bicyclic) bond motifs is 2. The van der Waals surface area contributed by atoms with E-state index in [9.17, 15) is 4.79 Å².